The molecule has 1 aromatic rings. The Balaban J connectivity index is 2.08. The third-order valence-electron chi connectivity index (χ3n) is 3.23. The summed E-state index contributed by atoms with van der Waals surface area (Å²) in [4.78, 5) is 11.7. The molecule has 4 heteroatoms. The van der Waals surface area contributed by atoms with Crippen molar-refractivity contribution in [2.45, 2.75) is 32.0 Å². The normalized spacial score (nSPS) is 18.3. The molecule has 0 heterocycles. The van der Waals surface area contributed by atoms with Gasteiger partial charge in [0.2, 0.25) is 0 Å². The van der Waals surface area contributed by atoms with Gasteiger partial charge in [0.1, 0.15) is 5.75 Å². The topological polar surface area (TPSA) is 58.6 Å². The van der Waals surface area contributed by atoms with Crippen LogP contribution in [0, 0.1) is 12.3 Å². The maximum Gasteiger partial charge on any atom is 0.261 e. The van der Waals surface area contributed by atoms with Crippen molar-refractivity contribution in [3.05, 3.63) is 29.3 Å². The number of hydrogen-bond donors (Lipinski definition) is 2. The van der Waals surface area contributed by atoms with Crippen LogP contribution in [0.5, 0.6) is 5.75 Å². The molecule has 0 spiro atoms. The van der Waals surface area contributed by atoms with Crippen molar-refractivity contribution >= 4 is 5.91 Å². The molecule has 0 saturated heterocycles. The number of rotatable bonds is 4. The van der Waals surface area contributed by atoms with Crippen molar-refractivity contribution < 1.29 is 14.6 Å². The Bertz CT molecular complexity index is 519. The van der Waals surface area contributed by atoms with Gasteiger partial charge in [0, 0.05) is 5.56 Å². The molecule has 2 atom stereocenters. The van der Waals surface area contributed by atoms with Crippen molar-refractivity contribution in [1.82, 2.24) is 5.32 Å². The SMILES string of the molecule is C#CCNC(=O)C(C)Oc1cccc2c1CCC2O. The molecule has 2 N–H and O–H groups in total. The molecule has 0 saturated carbocycles. The third-order valence-corrected chi connectivity index (χ3v) is 3.23. The molecule has 1 amide bonds. The highest BCUT2D eigenvalue weighted by molar-refractivity contribution is 5.81. The quantitative estimate of drug-likeness (QED) is 0.798. The van der Waals surface area contributed by atoms with Gasteiger partial charge in [-0.25, -0.2) is 0 Å². The van der Waals surface area contributed by atoms with Crippen LogP contribution in [0.1, 0.15) is 30.6 Å². The molecule has 0 radical (unpaired) electrons. The highest BCUT2D eigenvalue weighted by Crippen LogP contribution is 2.36. The van der Waals surface area contributed by atoms with Crippen molar-refractivity contribution in [3.63, 3.8) is 0 Å². The second-order valence-corrected chi connectivity index (χ2v) is 4.56. The highest BCUT2D eigenvalue weighted by atomic mass is 16.5. The molecule has 0 aliphatic heterocycles. The molecule has 0 fully saturated rings. The molecular weight excluding hydrogens is 242 g/mol. The Morgan fingerprint density at radius 2 is 2.47 bits per heavy atom. The molecule has 0 aromatic heterocycles. The van der Waals surface area contributed by atoms with Crippen LogP contribution < -0.4 is 10.1 Å². The standard InChI is InChI=1S/C15H17NO3/c1-3-9-16-15(18)10(2)19-14-6-4-5-11-12(14)7-8-13(11)17/h1,4-6,10,13,17H,7-9H2,2H3,(H,16,18). The van der Waals surface area contributed by atoms with Crippen LogP contribution in [0.2, 0.25) is 0 Å². The first-order valence-electron chi connectivity index (χ1n) is 6.31. The molecule has 1 aromatic carbocycles. The summed E-state index contributed by atoms with van der Waals surface area (Å²) < 4.78 is 5.67. The van der Waals surface area contributed by atoms with Crippen LogP contribution in [0.3, 0.4) is 0 Å². The second kappa shape index (κ2) is 5.77. The predicted molar refractivity (Wildman–Crippen MR) is 71.7 cm³/mol. The fourth-order valence-corrected chi connectivity index (χ4v) is 2.24. The molecule has 1 aliphatic rings. The number of carbonyl (C=O) groups is 1. The fourth-order valence-electron chi connectivity index (χ4n) is 2.24. The first-order chi connectivity index (χ1) is 9.13. The van der Waals surface area contributed by atoms with E-state index in [9.17, 15) is 9.90 Å². The van der Waals surface area contributed by atoms with Crippen molar-refractivity contribution in [1.29, 1.82) is 0 Å². The fraction of sp³-hybridized carbons (Fsp3) is 0.400. The zero-order chi connectivity index (χ0) is 13.8. The summed E-state index contributed by atoms with van der Waals surface area (Å²) in [6.45, 7) is 1.87. The monoisotopic (exact) mass is 259 g/mol. The molecule has 19 heavy (non-hydrogen) atoms. The number of aliphatic hydroxyl groups is 1. The highest BCUT2D eigenvalue weighted by Gasteiger charge is 2.24. The maximum atomic E-state index is 11.7. The summed E-state index contributed by atoms with van der Waals surface area (Å²) >= 11 is 0. The van der Waals surface area contributed by atoms with Crippen LogP contribution in [0.15, 0.2) is 18.2 Å². The summed E-state index contributed by atoms with van der Waals surface area (Å²) in [7, 11) is 0. The molecule has 100 valence electrons. The van der Waals surface area contributed by atoms with Gasteiger partial charge in [0.05, 0.1) is 12.6 Å². The number of hydrogen-bond acceptors (Lipinski definition) is 3. The molecular formula is C15H17NO3. The van der Waals surface area contributed by atoms with Crippen LogP contribution in [0.4, 0.5) is 0 Å². The van der Waals surface area contributed by atoms with Crippen LogP contribution in [0.25, 0.3) is 0 Å². The average Bonchev–Trinajstić information content (AvgIpc) is 2.79. The van der Waals surface area contributed by atoms with Crippen molar-refractivity contribution in [2.24, 2.45) is 0 Å². The second-order valence-electron chi connectivity index (χ2n) is 4.56. The van der Waals surface area contributed by atoms with E-state index in [4.69, 9.17) is 11.2 Å². The Morgan fingerprint density at radius 1 is 1.68 bits per heavy atom. The van der Waals surface area contributed by atoms with Crippen LogP contribution in [-0.4, -0.2) is 23.7 Å². The minimum atomic E-state index is -0.613. The molecule has 1 aliphatic carbocycles. The van der Waals surface area contributed by atoms with Gasteiger partial charge in [-0.3, -0.25) is 4.79 Å². The minimum absolute atomic E-state index is 0.193. The Morgan fingerprint density at radius 3 is 3.21 bits per heavy atom. The van der Waals surface area contributed by atoms with Gasteiger partial charge >= 0.3 is 0 Å². The van der Waals surface area contributed by atoms with E-state index in [-0.39, 0.29) is 12.5 Å². The van der Waals surface area contributed by atoms with Gasteiger partial charge in [-0.2, -0.15) is 0 Å². The van der Waals surface area contributed by atoms with Gasteiger partial charge in [-0.1, -0.05) is 18.1 Å². The lowest BCUT2D eigenvalue weighted by atomic mass is 10.1. The number of carbonyl (C=O) groups excluding carboxylic acids is 1. The summed E-state index contributed by atoms with van der Waals surface area (Å²) in [6, 6.07) is 5.54. The zero-order valence-corrected chi connectivity index (χ0v) is 10.8. The lowest BCUT2D eigenvalue weighted by Crippen LogP contribution is -2.36. The smallest absolute Gasteiger partial charge is 0.261 e. The number of benzene rings is 1. The van der Waals surface area contributed by atoms with E-state index in [0.717, 1.165) is 17.5 Å². The molecule has 4 nitrogen and oxygen atoms in total. The van der Waals surface area contributed by atoms with E-state index < -0.39 is 12.2 Å². The maximum absolute atomic E-state index is 11.7. The summed E-state index contributed by atoms with van der Waals surface area (Å²) in [5, 5.41) is 12.4. The lowest BCUT2D eigenvalue weighted by molar-refractivity contribution is -0.127. The predicted octanol–water partition coefficient (Wildman–Crippen LogP) is 1.18. The summed E-state index contributed by atoms with van der Waals surface area (Å²) in [5.41, 5.74) is 1.89. The largest absolute Gasteiger partial charge is 0.481 e. The van der Waals surface area contributed by atoms with Crippen molar-refractivity contribution in [2.75, 3.05) is 6.54 Å². The number of amides is 1. The van der Waals surface area contributed by atoms with Gasteiger partial charge in [0.25, 0.3) is 5.91 Å². The zero-order valence-electron chi connectivity index (χ0n) is 10.8. The van der Waals surface area contributed by atoms with Gasteiger partial charge < -0.3 is 15.2 Å². The minimum Gasteiger partial charge on any atom is -0.481 e. The molecule has 2 unspecified atom stereocenters. The first kappa shape index (κ1) is 13.4. The molecule has 0 bridgehead atoms. The van der Waals surface area contributed by atoms with E-state index in [1.807, 2.05) is 18.2 Å². The Labute approximate surface area is 112 Å². The van der Waals surface area contributed by atoms with E-state index in [1.165, 1.54) is 0 Å². The third kappa shape index (κ3) is 2.88. The Hall–Kier alpha value is -1.99. The number of fused-ring (bicyclic) bond motifs is 1. The molecule has 2 rings (SSSR count). The van der Waals surface area contributed by atoms with Crippen molar-refractivity contribution in [3.8, 4) is 18.1 Å². The van der Waals surface area contributed by atoms with E-state index in [0.29, 0.717) is 12.2 Å². The number of aliphatic hydroxyl groups excluding tert-OH is 1. The lowest BCUT2D eigenvalue weighted by Gasteiger charge is -2.16. The van der Waals surface area contributed by atoms with Gasteiger partial charge in [-0.05, 0) is 31.4 Å². The van der Waals surface area contributed by atoms with Crippen LogP contribution in [-0.2, 0) is 11.2 Å². The summed E-state index contributed by atoms with van der Waals surface area (Å²) in [5.74, 6) is 2.77. The van der Waals surface area contributed by atoms with Gasteiger partial charge in [-0.15, -0.1) is 6.42 Å². The van der Waals surface area contributed by atoms with E-state index >= 15 is 0 Å². The van der Waals surface area contributed by atoms with Gasteiger partial charge in [0.15, 0.2) is 6.10 Å². The van der Waals surface area contributed by atoms with Crippen LogP contribution >= 0.6 is 0 Å². The number of ether oxygens (including phenoxy) is 1. The number of nitrogens with one attached hydrogen (secondary N) is 1. The van der Waals surface area contributed by atoms with E-state index in [1.54, 1.807) is 6.92 Å². The number of terminal acetylenes is 1. The van der Waals surface area contributed by atoms with E-state index in [2.05, 4.69) is 11.2 Å². The first-order valence-corrected chi connectivity index (χ1v) is 6.31. The average molecular weight is 259 g/mol. The summed E-state index contributed by atoms with van der Waals surface area (Å²) in [6.07, 6.45) is 5.52. The Kier molecular flexibility index (Phi) is 4.08.